The van der Waals surface area contributed by atoms with Crippen molar-refractivity contribution in [3.05, 3.63) is 28.8 Å². The average molecular weight is 355 g/mol. The Labute approximate surface area is 128 Å². The van der Waals surface area contributed by atoms with Crippen LogP contribution >= 0.6 is 11.6 Å². The maximum absolute atomic E-state index is 12.1. The molecule has 1 amide bonds. The maximum Gasteiger partial charge on any atom is 0.253 e. The van der Waals surface area contributed by atoms with Crippen LogP contribution in [0.2, 0.25) is 5.02 Å². The number of carbonyl (C=O) groups is 1. The number of nitrogens with zero attached hydrogens (tertiary/aromatic N) is 1. The Balaban J connectivity index is 3.05. The van der Waals surface area contributed by atoms with Crippen LogP contribution in [-0.2, 0) is 19.9 Å². The summed E-state index contributed by atoms with van der Waals surface area (Å²) in [5, 5.41) is 5.04. The van der Waals surface area contributed by atoms with Gasteiger partial charge in [-0.2, -0.15) is 0 Å². The first-order chi connectivity index (χ1) is 9.40. The van der Waals surface area contributed by atoms with Gasteiger partial charge in [0.1, 0.15) is 9.84 Å². The molecule has 118 valence electrons. The third-order valence-electron chi connectivity index (χ3n) is 2.59. The zero-order valence-corrected chi connectivity index (χ0v) is 13.8. The molecule has 0 fully saturated rings. The van der Waals surface area contributed by atoms with Crippen LogP contribution in [0.5, 0.6) is 0 Å². The Hall–Kier alpha value is -1.16. The smallest absolute Gasteiger partial charge is 0.253 e. The standard InChI is InChI=1S/C11H15ClN2O5S2/c1-14(3-4-20(2,16)17)11(15)8-5-9(12)7-10(6-8)21(13,18)19/h5-7H,3-4H2,1-2H3,(H2,13,18,19). The van der Waals surface area contributed by atoms with Crippen molar-refractivity contribution in [3.8, 4) is 0 Å². The second-order valence-corrected chi connectivity index (χ2v) is 8.83. The molecule has 0 atom stereocenters. The summed E-state index contributed by atoms with van der Waals surface area (Å²) in [5.74, 6) is -0.747. The lowest BCUT2D eigenvalue weighted by Crippen LogP contribution is -2.31. The summed E-state index contributed by atoms with van der Waals surface area (Å²) in [6, 6.07) is 3.51. The molecule has 0 aromatic heterocycles. The third kappa shape index (κ3) is 5.62. The largest absolute Gasteiger partial charge is 0.341 e. The predicted octanol–water partition coefficient (Wildman–Crippen LogP) is 0.104. The number of benzene rings is 1. The van der Waals surface area contributed by atoms with E-state index < -0.39 is 25.8 Å². The van der Waals surface area contributed by atoms with Crippen LogP contribution in [0, 0.1) is 0 Å². The van der Waals surface area contributed by atoms with Crippen LogP contribution in [0.3, 0.4) is 0 Å². The molecule has 0 bridgehead atoms. The van der Waals surface area contributed by atoms with E-state index in [1.807, 2.05) is 0 Å². The number of primary sulfonamides is 1. The van der Waals surface area contributed by atoms with Crippen LogP contribution in [-0.4, -0.2) is 53.2 Å². The Morgan fingerprint density at radius 1 is 1.24 bits per heavy atom. The van der Waals surface area contributed by atoms with Crippen molar-refractivity contribution in [2.24, 2.45) is 5.14 Å². The maximum atomic E-state index is 12.1. The summed E-state index contributed by atoms with van der Waals surface area (Å²) in [7, 11) is -5.80. The van der Waals surface area contributed by atoms with E-state index in [0.717, 1.165) is 18.4 Å². The van der Waals surface area contributed by atoms with Crippen LogP contribution in [0.4, 0.5) is 0 Å². The molecular weight excluding hydrogens is 340 g/mol. The van der Waals surface area contributed by atoms with Gasteiger partial charge < -0.3 is 4.90 Å². The van der Waals surface area contributed by atoms with E-state index in [-0.39, 0.29) is 27.8 Å². The van der Waals surface area contributed by atoms with Gasteiger partial charge in [0.2, 0.25) is 10.0 Å². The van der Waals surface area contributed by atoms with Gasteiger partial charge in [-0.1, -0.05) is 11.6 Å². The molecule has 0 radical (unpaired) electrons. The van der Waals surface area contributed by atoms with E-state index in [4.69, 9.17) is 16.7 Å². The number of hydrogen-bond acceptors (Lipinski definition) is 5. The minimum absolute atomic E-state index is 0.0162. The highest BCUT2D eigenvalue weighted by Crippen LogP contribution is 2.19. The summed E-state index contributed by atoms with van der Waals surface area (Å²) < 4.78 is 44.8. The fourth-order valence-corrected chi connectivity index (χ4v) is 2.96. The topological polar surface area (TPSA) is 115 Å². The summed E-state index contributed by atoms with van der Waals surface area (Å²) >= 11 is 5.77. The number of amides is 1. The Morgan fingerprint density at radius 3 is 2.29 bits per heavy atom. The molecule has 0 heterocycles. The van der Waals surface area contributed by atoms with Gasteiger partial charge in [-0.05, 0) is 18.2 Å². The Kier molecular flexibility index (Phi) is 5.37. The molecule has 7 nitrogen and oxygen atoms in total. The van der Waals surface area contributed by atoms with Crippen molar-refractivity contribution < 1.29 is 21.6 Å². The van der Waals surface area contributed by atoms with Crippen LogP contribution < -0.4 is 5.14 Å². The Morgan fingerprint density at radius 2 is 1.81 bits per heavy atom. The summed E-state index contributed by atoms with van der Waals surface area (Å²) in [6.45, 7) is -0.0190. The normalized spacial score (nSPS) is 12.2. The van der Waals surface area contributed by atoms with E-state index in [1.165, 1.54) is 18.0 Å². The minimum atomic E-state index is -3.99. The summed E-state index contributed by atoms with van der Waals surface area (Å²) in [4.78, 5) is 13.0. The average Bonchev–Trinajstić information content (AvgIpc) is 2.32. The molecule has 0 spiro atoms. The van der Waals surface area contributed by atoms with Gasteiger partial charge in [0.05, 0.1) is 10.6 Å². The van der Waals surface area contributed by atoms with Crippen LogP contribution in [0.25, 0.3) is 0 Å². The fraction of sp³-hybridized carbons (Fsp3) is 0.364. The number of sulfonamides is 1. The van der Waals surface area contributed by atoms with Crippen molar-refractivity contribution >= 4 is 37.4 Å². The lowest BCUT2D eigenvalue weighted by molar-refractivity contribution is 0.0803. The fourth-order valence-electron chi connectivity index (χ4n) is 1.48. The minimum Gasteiger partial charge on any atom is -0.341 e. The van der Waals surface area contributed by atoms with Gasteiger partial charge in [0, 0.05) is 30.4 Å². The molecule has 10 heteroatoms. The molecule has 2 N–H and O–H groups in total. The number of sulfone groups is 1. The molecule has 0 saturated carbocycles. The second kappa shape index (κ2) is 6.30. The van der Waals surface area contributed by atoms with Gasteiger partial charge >= 0.3 is 0 Å². The zero-order valence-electron chi connectivity index (χ0n) is 11.4. The molecule has 21 heavy (non-hydrogen) atoms. The van der Waals surface area contributed by atoms with Crippen LogP contribution in [0.1, 0.15) is 10.4 Å². The number of halogens is 1. The van der Waals surface area contributed by atoms with E-state index in [0.29, 0.717) is 0 Å². The van der Waals surface area contributed by atoms with Gasteiger partial charge in [-0.3, -0.25) is 4.79 Å². The summed E-state index contributed by atoms with van der Waals surface area (Å²) in [5.41, 5.74) is 0.0162. The van der Waals surface area contributed by atoms with Crippen molar-refractivity contribution in [1.29, 1.82) is 0 Å². The molecule has 1 rings (SSSR count). The van der Waals surface area contributed by atoms with Crippen molar-refractivity contribution in [2.45, 2.75) is 4.90 Å². The lowest BCUT2D eigenvalue weighted by atomic mass is 10.2. The monoisotopic (exact) mass is 354 g/mol. The highest BCUT2D eigenvalue weighted by molar-refractivity contribution is 7.90. The highest BCUT2D eigenvalue weighted by atomic mass is 35.5. The van der Waals surface area contributed by atoms with Gasteiger partial charge in [-0.25, -0.2) is 22.0 Å². The van der Waals surface area contributed by atoms with Gasteiger partial charge in [-0.15, -0.1) is 0 Å². The lowest BCUT2D eigenvalue weighted by Gasteiger charge is -2.17. The first-order valence-corrected chi connectivity index (χ1v) is 9.65. The van der Waals surface area contributed by atoms with Gasteiger partial charge in [0.15, 0.2) is 0 Å². The predicted molar refractivity (Wildman–Crippen MR) is 79.5 cm³/mol. The highest BCUT2D eigenvalue weighted by Gasteiger charge is 2.18. The zero-order chi connectivity index (χ0) is 16.4. The quantitative estimate of drug-likeness (QED) is 0.805. The van der Waals surface area contributed by atoms with Gasteiger partial charge in [0.25, 0.3) is 5.91 Å². The summed E-state index contributed by atoms with van der Waals surface area (Å²) in [6.07, 6.45) is 1.06. The second-order valence-electron chi connectivity index (χ2n) is 4.58. The molecule has 0 aliphatic carbocycles. The number of carbonyl (C=O) groups excluding carboxylic acids is 1. The molecule has 0 unspecified atom stereocenters. The van der Waals surface area contributed by atoms with E-state index in [1.54, 1.807) is 0 Å². The molecule has 1 aromatic rings. The first kappa shape index (κ1) is 17.9. The first-order valence-electron chi connectivity index (χ1n) is 5.67. The van der Waals surface area contributed by atoms with Crippen molar-refractivity contribution in [2.75, 3.05) is 25.6 Å². The SMILES string of the molecule is CN(CCS(C)(=O)=O)C(=O)c1cc(Cl)cc(S(N)(=O)=O)c1. The van der Waals surface area contributed by atoms with Crippen molar-refractivity contribution in [3.63, 3.8) is 0 Å². The van der Waals surface area contributed by atoms with Crippen LogP contribution in [0.15, 0.2) is 23.1 Å². The molecular formula is C11H15ClN2O5S2. The number of rotatable bonds is 5. The third-order valence-corrected chi connectivity index (χ3v) is 4.63. The van der Waals surface area contributed by atoms with Crippen molar-refractivity contribution in [1.82, 2.24) is 4.90 Å². The van der Waals surface area contributed by atoms with E-state index in [9.17, 15) is 21.6 Å². The molecule has 0 saturated heterocycles. The van der Waals surface area contributed by atoms with E-state index in [2.05, 4.69) is 0 Å². The molecule has 1 aromatic carbocycles. The number of hydrogen-bond donors (Lipinski definition) is 1. The molecule has 0 aliphatic rings. The Bertz CT molecular complexity index is 759. The number of nitrogens with two attached hydrogens (primary N) is 1. The van der Waals surface area contributed by atoms with E-state index >= 15 is 0 Å². The molecule has 0 aliphatic heterocycles.